The number of unbranched alkanes of at least 4 members (excludes halogenated alkanes) is 57. The van der Waals surface area contributed by atoms with Gasteiger partial charge in [0.15, 0.2) is 6.29 Å². The molecule has 0 aromatic heterocycles. The van der Waals surface area contributed by atoms with Crippen molar-refractivity contribution < 1.29 is 39.8 Å². The van der Waals surface area contributed by atoms with Gasteiger partial charge in [0.2, 0.25) is 5.91 Å². The first-order valence-corrected chi connectivity index (χ1v) is 37.2. The smallest absolute Gasteiger partial charge is 0.220 e. The molecule has 0 saturated carbocycles. The fourth-order valence-electron chi connectivity index (χ4n) is 12.6. The maximum Gasteiger partial charge on any atom is 0.220 e. The number of hydrogen-bond donors (Lipinski definition) is 6. The van der Waals surface area contributed by atoms with Crippen molar-refractivity contribution in [1.29, 1.82) is 0 Å². The largest absolute Gasteiger partial charge is 0.394 e. The summed E-state index contributed by atoms with van der Waals surface area (Å²) < 4.78 is 11.4. The second-order valence-electron chi connectivity index (χ2n) is 26.5. The standard InChI is InChI=1S/C73H145NO8/c1-3-5-7-9-11-13-15-17-19-21-23-25-27-29-31-33-35-37-39-41-43-45-47-49-51-53-55-57-59-61-63-69(77)74-66(65-81-73-72(80)71(79)70(78)68(64-75)82-73)67(76)62-60-58-56-54-52-50-48-46-44-42-40-38-36-34-32-30-28-26-24-22-20-18-16-14-12-10-8-6-4-2/h66-68,70-73,75-76,78-80H,3-65H2,1-2H3,(H,74,77). The first-order chi connectivity index (χ1) is 40.3. The monoisotopic (exact) mass is 1160 g/mol. The predicted octanol–water partition coefficient (Wildman–Crippen LogP) is 20.5. The van der Waals surface area contributed by atoms with E-state index in [9.17, 15) is 30.3 Å². The first-order valence-electron chi connectivity index (χ1n) is 37.2. The molecule has 1 fully saturated rings. The Hall–Kier alpha value is -0.810. The molecule has 82 heavy (non-hydrogen) atoms. The second-order valence-corrected chi connectivity index (χ2v) is 26.5. The number of carbonyl (C=O) groups excluding carboxylic acids is 1. The Labute approximate surface area is 510 Å². The number of amides is 1. The minimum absolute atomic E-state index is 0.130. The Bertz CT molecular complexity index is 1260. The molecule has 9 nitrogen and oxygen atoms in total. The number of aliphatic hydroxyl groups excluding tert-OH is 5. The Morgan fingerprint density at radius 2 is 0.610 bits per heavy atom. The maximum absolute atomic E-state index is 13.2. The van der Waals surface area contributed by atoms with Crippen molar-refractivity contribution in [3.63, 3.8) is 0 Å². The maximum atomic E-state index is 13.2. The van der Waals surface area contributed by atoms with Crippen LogP contribution >= 0.6 is 0 Å². The fraction of sp³-hybridized carbons (Fsp3) is 0.986. The molecule has 490 valence electrons. The van der Waals surface area contributed by atoms with E-state index in [1.807, 2.05) is 0 Å². The van der Waals surface area contributed by atoms with Crippen LogP contribution in [0.15, 0.2) is 0 Å². The van der Waals surface area contributed by atoms with Crippen LogP contribution in [-0.2, 0) is 14.3 Å². The van der Waals surface area contributed by atoms with Crippen LogP contribution in [0.4, 0.5) is 0 Å². The third-order valence-electron chi connectivity index (χ3n) is 18.5. The summed E-state index contributed by atoms with van der Waals surface area (Å²) in [6.07, 6.45) is 73.4. The molecular weight excluding hydrogens is 1020 g/mol. The summed E-state index contributed by atoms with van der Waals surface area (Å²) in [6, 6.07) is -0.716. The molecule has 7 unspecified atom stereocenters. The lowest BCUT2D eigenvalue weighted by Crippen LogP contribution is -2.60. The highest BCUT2D eigenvalue weighted by molar-refractivity contribution is 5.76. The van der Waals surface area contributed by atoms with Crippen molar-refractivity contribution in [3.05, 3.63) is 0 Å². The number of ether oxygens (including phenoxy) is 2. The molecule has 0 aliphatic carbocycles. The van der Waals surface area contributed by atoms with Gasteiger partial charge >= 0.3 is 0 Å². The van der Waals surface area contributed by atoms with Crippen LogP contribution in [0.5, 0.6) is 0 Å². The van der Waals surface area contributed by atoms with E-state index in [-0.39, 0.29) is 12.5 Å². The zero-order chi connectivity index (χ0) is 59.3. The molecule has 0 spiro atoms. The van der Waals surface area contributed by atoms with Gasteiger partial charge in [-0.15, -0.1) is 0 Å². The number of hydrogen-bond acceptors (Lipinski definition) is 8. The average molecular weight is 1160 g/mol. The highest BCUT2D eigenvalue weighted by Crippen LogP contribution is 2.24. The first kappa shape index (κ1) is 79.2. The van der Waals surface area contributed by atoms with Crippen LogP contribution in [0.1, 0.15) is 406 Å². The molecule has 6 N–H and O–H groups in total. The SMILES string of the molecule is CCCCCCCCCCCCCCCCCCCCCCCCCCCCCCCCC(=O)NC(COC1OC(CO)C(O)C(O)C1O)C(O)CCCCCCCCCCCCCCCCCCCCCCCCCCCCCCC. The summed E-state index contributed by atoms with van der Waals surface area (Å²) in [5, 5.41) is 55.0. The van der Waals surface area contributed by atoms with Crippen molar-refractivity contribution in [3.8, 4) is 0 Å². The van der Waals surface area contributed by atoms with Gasteiger partial charge < -0.3 is 40.3 Å². The second kappa shape index (κ2) is 63.2. The van der Waals surface area contributed by atoms with E-state index in [4.69, 9.17) is 9.47 Å². The van der Waals surface area contributed by atoms with Crippen molar-refractivity contribution in [2.75, 3.05) is 13.2 Å². The van der Waals surface area contributed by atoms with E-state index in [0.717, 1.165) is 38.5 Å². The highest BCUT2D eigenvalue weighted by Gasteiger charge is 2.44. The number of rotatable bonds is 67. The Morgan fingerprint density at radius 1 is 0.366 bits per heavy atom. The van der Waals surface area contributed by atoms with Crippen LogP contribution in [0.3, 0.4) is 0 Å². The van der Waals surface area contributed by atoms with E-state index >= 15 is 0 Å². The van der Waals surface area contributed by atoms with E-state index in [0.29, 0.717) is 12.8 Å². The van der Waals surface area contributed by atoms with Gasteiger partial charge in [0.05, 0.1) is 25.4 Å². The molecule has 0 radical (unpaired) electrons. The lowest BCUT2D eigenvalue weighted by molar-refractivity contribution is -0.302. The summed E-state index contributed by atoms with van der Waals surface area (Å²) in [4.78, 5) is 13.2. The summed E-state index contributed by atoms with van der Waals surface area (Å²) >= 11 is 0. The lowest BCUT2D eigenvalue weighted by Gasteiger charge is -2.40. The molecule has 1 heterocycles. The van der Waals surface area contributed by atoms with Gasteiger partial charge in [0.1, 0.15) is 24.4 Å². The van der Waals surface area contributed by atoms with Crippen molar-refractivity contribution in [2.24, 2.45) is 0 Å². The van der Waals surface area contributed by atoms with Crippen molar-refractivity contribution in [2.45, 2.75) is 448 Å². The van der Waals surface area contributed by atoms with Gasteiger partial charge in [-0.05, 0) is 12.8 Å². The molecule has 7 atom stereocenters. The van der Waals surface area contributed by atoms with Gasteiger partial charge in [-0.3, -0.25) is 4.79 Å². The fourth-order valence-corrected chi connectivity index (χ4v) is 12.6. The van der Waals surface area contributed by atoms with E-state index in [2.05, 4.69) is 19.2 Å². The molecule has 1 aliphatic heterocycles. The average Bonchev–Trinajstić information content (AvgIpc) is 3.54. The topological polar surface area (TPSA) is 149 Å². The predicted molar refractivity (Wildman–Crippen MR) is 351 cm³/mol. The molecule has 1 saturated heterocycles. The molecule has 1 amide bonds. The molecular formula is C73H145NO8. The molecule has 9 heteroatoms. The minimum Gasteiger partial charge on any atom is -0.394 e. The Kier molecular flexibility index (Phi) is 61.1. The lowest BCUT2D eigenvalue weighted by atomic mass is 9.99. The minimum atomic E-state index is -1.55. The Balaban J connectivity index is 2.07. The zero-order valence-electron chi connectivity index (χ0n) is 55.0. The quantitative estimate of drug-likeness (QED) is 0.0330. The van der Waals surface area contributed by atoms with E-state index in [1.54, 1.807) is 0 Å². The number of nitrogens with one attached hydrogen (secondary N) is 1. The van der Waals surface area contributed by atoms with Gasteiger partial charge in [-0.2, -0.15) is 0 Å². The third-order valence-corrected chi connectivity index (χ3v) is 18.5. The number of aliphatic hydroxyl groups is 5. The third kappa shape index (κ3) is 51.3. The summed E-state index contributed by atoms with van der Waals surface area (Å²) in [6.45, 7) is 3.92. The van der Waals surface area contributed by atoms with E-state index < -0.39 is 49.5 Å². The summed E-state index contributed by atoms with van der Waals surface area (Å²) in [5.41, 5.74) is 0. The van der Waals surface area contributed by atoms with Crippen LogP contribution in [0, 0.1) is 0 Å². The molecule has 0 aromatic rings. The van der Waals surface area contributed by atoms with Crippen LogP contribution in [0.2, 0.25) is 0 Å². The molecule has 1 rings (SSSR count). The molecule has 0 bridgehead atoms. The van der Waals surface area contributed by atoms with Crippen LogP contribution in [-0.4, -0.2) is 87.5 Å². The van der Waals surface area contributed by atoms with Gasteiger partial charge in [0.25, 0.3) is 0 Å². The summed E-state index contributed by atoms with van der Waals surface area (Å²) in [5.74, 6) is -0.132. The van der Waals surface area contributed by atoms with Crippen molar-refractivity contribution in [1.82, 2.24) is 5.32 Å². The summed E-state index contributed by atoms with van der Waals surface area (Å²) in [7, 11) is 0. The Morgan fingerprint density at radius 3 is 0.866 bits per heavy atom. The van der Waals surface area contributed by atoms with Gasteiger partial charge in [0, 0.05) is 6.42 Å². The van der Waals surface area contributed by atoms with Crippen LogP contribution in [0.25, 0.3) is 0 Å². The van der Waals surface area contributed by atoms with Crippen molar-refractivity contribution >= 4 is 5.91 Å². The molecule has 1 aliphatic rings. The molecule has 0 aromatic carbocycles. The highest BCUT2D eigenvalue weighted by atomic mass is 16.7. The van der Waals surface area contributed by atoms with E-state index in [1.165, 1.54) is 340 Å². The number of carbonyl (C=O) groups is 1. The normalized spacial score (nSPS) is 18.2. The van der Waals surface area contributed by atoms with Crippen LogP contribution < -0.4 is 5.32 Å². The van der Waals surface area contributed by atoms with Gasteiger partial charge in [-0.25, -0.2) is 0 Å². The van der Waals surface area contributed by atoms with Gasteiger partial charge in [-0.1, -0.05) is 386 Å². The zero-order valence-corrected chi connectivity index (χ0v) is 55.0.